The number of anilines is 1. The van der Waals surface area contributed by atoms with Crippen molar-refractivity contribution in [1.29, 1.82) is 0 Å². The highest BCUT2D eigenvalue weighted by Gasteiger charge is 2.33. The number of piperidine rings is 1. The molecule has 2 aliphatic rings. The van der Waals surface area contributed by atoms with Gasteiger partial charge in [-0.15, -0.1) is 0 Å². The van der Waals surface area contributed by atoms with Crippen molar-refractivity contribution in [2.45, 2.75) is 19.3 Å². The average molecular weight is 369 g/mol. The lowest BCUT2D eigenvalue weighted by Gasteiger charge is -2.33. The number of carbonyl (C=O) groups is 2. The molecule has 0 unspecified atom stereocenters. The Morgan fingerprint density at radius 3 is 2.35 bits per heavy atom. The van der Waals surface area contributed by atoms with Crippen molar-refractivity contribution in [3.8, 4) is 0 Å². The van der Waals surface area contributed by atoms with Gasteiger partial charge in [0.25, 0.3) is 5.91 Å². The number of hydrogen-bond acceptors (Lipinski definition) is 2. The summed E-state index contributed by atoms with van der Waals surface area (Å²) in [7, 11) is 0. The van der Waals surface area contributed by atoms with Crippen LogP contribution in [0.25, 0.3) is 0 Å². The average Bonchev–Trinajstić information content (AvgIpc) is 3.12. The Labute approximate surface area is 158 Å². The molecule has 0 N–H and O–H groups in total. The Hall–Kier alpha value is -2.33. The van der Waals surface area contributed by atoms with Gasteiger partial charge in [0.15, 0.2) is 0 Å². The molecule has 4 nitrogen and oxygen atoms in total. The summed E-state index contributed by atoms with van der Waals surface area (Å²) in [5.74, 6) is 0.211. The fourth-order valence-corrected chi connectivity index (χ4v) is 4.02. The summed E-state index contributed by atoms with van der Waals surface area (Å²) in [4.78, 5) is 29.3. The SMILES string of the molecule is O=C(c1ccc(Cl)cc1)N1CCC(C(=O)N2CCc3ccccc32)CC1. The minimum Gasteiger partial charge on any atom is -0.339 e. The molecular formula is C21H21ClN2O2. The summed E-state index contributed by atoms with van der Waals surface area (Å²) in [6.45, 7) is 2.00. The van der Waals surface area contributed by atoms with Crippen LogP contribution in [-0.2, 0) is 11.2 Å². The topological polar surface area (TPSA) is 40.6 Å². The normalized spacial score (nSPS) is 17.3. The number of para-hydroxylation sites is 1. The Morgan fingerprint density at radius 1 is 0.923 bits per heavy atom. The molecule has 4 rings (SSSR count). The van der Waals surface area contributed by atoms with Gasteiger partial charge in [0.2, 0.25) is 5.91 Å². The quantitative estimate of drug-likeness (QED) is 0.809. The Kier molecular flexibility index (Phi) is 4.68. The second-order valence-electron chi connectivity index (χ2n) is 6.94. The molecule has 0 aromatic heterocycles. The van der Waals surface area contributed by atoms with Crippen molar-refractivity contribution in [3.63, 3.8) is 0 Å². The molecule has 1 saturated heterocycles. The maximum Gasteiger partial charge on any atom is 0.253 e. The minimum atomic E-state index is -0.00424. The van der Waals surface area contributed by atoms with Gasteiger partial charge in [-0.25, -0.2) is 0 Å². The van der Waals surface area contributed by atoms with E-state index in [4.69, 9.17) is 11.6 Å². The second kappa shape index (κ2) is 7.12. The molecule has 134 valence electrons. The molecule has 0 saturated carbocycles. The van der Waals surface area contributed by atoms with E-state index in [1.165, 1.54) is 5.56 Å². The van der Waals surface area contributed by atoms with E-state index < -0.39 is 0 Å². The maximum atomic E-state index is 13.0. The number of carbonyl (C=O) groups excluding carboxylic acids is 2. The van der Waals surface area contributed by atoms with E-state index in [0.29, 0.717) is 23.7 Å². The Balaban J connectivity index is 1.39. The van der Waals surface area contributed by atoms with Crippen molar-refractivity contribution >= 4 is 29.1 Å². The summed E-state index contributed by atoms with van der Waals surface area (Å²) < 4.78 is 0. The molecular weight excluding hydrogens is 348 g/mol. The number of fused-ring (bicyclic) bond motifs is 1. The summed E-state index contributed by atoms with van der Waals surface area (Å²) in [5, 5.41) is 0.622. The van der Waals surface area contributed by atoms with Gasteiger partial charge in [0.1, 0.15) is 0 Å². The lowest BCUT2D eigenvalue weighted by molar-refractivity contribution is -0.123. The fraction of sp³-hybridized carbons (Fsp3) is 0.333. The van der Waals surface area contributed by atoms with E-state index in [1.807, 2.05) is 28.0 Å². The summed E-state index contributed by atoms with van der Waals surface area (Å²) >= 11 is 5.89. The van der Waals surface area contributed by atoms with Gasteiger partial charge in [-0.1, -0.05) is 29.8 Å². The molecule has 0 atom stereocenters. The van der Waals surface area contributed by atoms with E-state index in [1.54, 1.807) is 24.3 Å². The zero-order chi connectivity index (χ0) is 18.1. The van der Waals surface area contributed by atoms with E-state index in [-0.39, 0.29) is 17.7 Å². The molecule has 5 heteroatoms. The number of nitrogens with zero attached hydrogens (tertiary/aromatic N) is 2. The Morgan fingerprint density at radius 2 is 1.62 bits per heavy atom. The minimum absolute atomic E-state index is 0.00424. The number of amides is 2. The molecule has 2 aromatic rings. The third kappa shape index (κ3) is 3.21. The molecule has 2 aromatic carbocycles. The van der Waals surface area contributed by atoms with E-state index in [0.717, 1.165) is 31.5 Å². The number of likely N-dealkylation sites (tertiary alicyclic amines) is 1. The van der Waals surface area contributed by atoms with Gasteiger partial charge in [-0.3, -0.25) is 9.59 Å². The van der Waals surface area contributed by atoms with Crippen LogP contribution < -0.4 is 4.90 Å². The van der Waals surface area contributed by atoms with Crippen LogP contribution in [0.5, 0.6) is 0 Å². The second-order valence-corrected chi connectivity index (χ2v) is 7.38. The first kappa shape index (κ1) is 17.1. The number of hydrogen-bond donors (Lipinski definition) is 0. The maximum absolute atomic E-state index is 13.0. The zero-order valence-corrected chi connectivity index (χ0v) is 15.3. The molecule has 0 bridgehead atoms. The monoisotopic (exact) mass is 368 g/mol. The van der Waals surface area contributed by atoms with Gasteiger partial charge < -0.3 is 9.80 Å². The van der Waals surface area contributed by atoms with Crippen molar-refractivity contribution in [1.82, 2.24) is 4.90 Å². The molecule has 0 radical (unpaired) electrons. The van der Waals surface area contributed by atoms with Crippen LogP contribution in [0.2, 0.25) is 5.02 Å². The van der Waals surface area contributed by atoms with Crippen LogP contribution in [0.3, 0.4) is 0 Å². The molecule has 2 aliphatic heterocycles. The molecule has 2 amide bonds. The van der Waals surface area contributed by atoms with E-state index in [2.05, 4.69) is 6.07 Å². The van der Waals surface area contributed by atoms with Gasteiger partial charge in [0, 0.05) is 41.8 Å². The largest absolute Gasteiger partial charge is 0.339 e. The first-order valence-corrected chi connectivity index (χ1v) is 9.45. The van der Waals surface area contributed by atoms with Crippen LogP contribution in [0, 0.1) is 5.92 Å². The van der Waals surface area contributed by atoms with Crippen LogP contribution in [0.1, 0.15) is 28.8 Å². The van der Waals surface area contributed by atoms with E-state index in [9.17, 15) is 9.59 Å². The van der Waals surface area contributed by atoms with Crippen LogP contribution in [0.15, 0.2) is 48.5 Å². The first-order valence-electron chi connectivity index (χ1n) is 9.07. The van der Waals surface area contributed by atoms with Crippen molar-refractivity contribution in [2.75, 3.05) is 24.5 Å². The summed E-state index contributed by atoms with van der Waals surface area (Å²) in [6.07, 6.45) is 2.36. The third-order valence-corrected chi connectivity index (χ3v) is 5.63. The molecule has 1 fully saturated rings. The molecule has 26 heavy (non-hydrogen) atoms. The van der Waals surface area contributed by atoms with Crippen LogP contribution >= 0.6 is 11.6 Å². The summed E-state index contributed by atoms with van der Waals surface area (Å²) in [5.41, 5.74) is 2.95. The smallest absolute Gasteiger partial charge is 0.253 e. The van der Waals surface area contributed by atoms with Crippen molar-refractivity contribution in [2.24, 2.45) is 5.92 Å². The highest BCUT2D eigenvalue weighted by molar-refractivity contribution is 6.30. The van der Waals surface area contributed by atoms with Crippen molar-refractivity contribution in [3.05, 3.63) is 64.7 Å². The van der Waals surface area contributed by atoms with Gasteiger partial charge >= 0.3 is 0 Å². The number of halogens is 1. The van der Waals surface area contributed by atoms with Gasteiger partial charge in [0.05, 0.1) is 0 Å². The van der Waals surface area contributed by atoms with E-state index >= 15 is 0 Å². The molecule has 2 heterocycles. The lowest BCUT2D eigenvalue weighted by Crippen LogP contribution is -2.44. The first-order chi connectivity index (χ1) is 12.6. The Bertz CT molecular complexity index is 826. The predicted octanol–water partition coefficient (Wildman–Crippen LogP) is 3.78. The predicted molar refractivity (Wildman–Crippen MR) is 103 cm³/mol. The standard InChI is InChI=1S/C21H21ClN2O2/c22-18-7-5-16(6-8-18)20(25)23-12-9-17(10-13-23)21(26)24-14-11-15-3-1-2-4-19(15)24/h1-8,17H,9-14H2. The molecule has 0 spiro atoms. The molecule has 0 aliphatic carbocycles. The highest BCUT2D eigenvalue weighted by Crippen LogP contribution is 2.31. The van der Waals surface area contributed by atoms with Crippen molar-refractivity contribution < 1.29 is 9.59 Å². The number of benzene rings is 2. The third-order valence-electron chi connectivity index (χ3n) is 5.38. The lowest BCUT2D eigenvalue weighted by atomic mass is 9.94. The van der Waals surface area contributed by atoms with Crippen LogP contribution in [-0.4, -0.2) is 36.3 Å². The van der Waals surface area contributed by atoms with Gasteiger partial charge in [-0.2, -0.15) is 0 Å². The highest BCUT2D eigenvalue weighted by atomic mass is 35.5. The zero-order valence-electron chi connectivity index (χ0n) is 14.5. The number of rotatable bonds is 2. The fourth-order valence-electron chi connectivity index (χ4n) is 3.89. The van der Waals surface area contributed by atoms with Crippen LogP contribution in [0.4, 0.5) is 5.69 Å². The summed E-state index contributed by atoms with van der Waals surface area (Å²) in [6, 6.07) is 15.1. The van der Waals surface area contributed by atoms with Gasteiger partial charge in [-0.05, 0) is 55.2 Å².